The van der Waals surface area contributed by atoms with Crippen LogP contribution in [0.15, 0.2) is 22.9 Å². The van der Waals surface area contributed by atoms with Crippen LogP contribution in [0.2, 0.25) is 0 Å². The molecule has 96 valence electrons. The van der Waals surface area contributed by atoms with E-state index in [2.05, 4.69) is 38.4 Å². The molecule has 1 aliphatic carbocycles. The summed E-state index contributed by atoms with van der Waals surface area (Å²) in [6.45, 7) is 1.15. The van der Waals surface area contributed by atoms with E-state index >= 15 is 0 Å². The maximum Gasteiger partial charge on any atom is 0.152 e. The van der Waals surface area contributed by atoms with Crippen molar-refractivity contribution in [1.82, 2.24) is 10.3 Å². The Balaban J connectivity index is 1.90. The molecule has 0 bridgehead atoms. The highest BCUT2D eigenvalue weighted by atomic mass is 79.9. The highest BCUT2D eigenvalue weighted by molar-refractivity contribution is 9.10. The molecule has 1 N–H and O–H groups in total. The van der Waals surface area contributed by atoms with Crippen LogP contribution in [0.5, 0.6) is 5.75 Å². The Labute approximate surface area is 116 Å². The zero-order valence-corrected chi connectivity index (χ0v) is 12.0. The molecule has 3 rings (SSSR count). The lowest BCUT2D eigenvalue weighted by atomic mass is 9.84. The summed E-state index contributed by atoms with van der Waals surface area (Å²) in [6, 6.07) is 2.63. The molecular weight excluding hydrogens is 292 g/mol. The second kappa shape index (κ2) is 5.02. The van der Waals surface area contributed by atoms with Gasteiger partial charge in [0.2, 0.25) is 0 Å². The van der Waals surface area contributed by atoms with E-state index in [1.54, 1.807) is 7.11 Å². The van der Waals surface area contributed by atoms with Gasteiger partial charge in [-0.2, -0.15) is 0 Å². The molecule has 2 atom stereocenters. The van der Waals surface area contributed by atoms with Gasteiger partial charge >= 0.3 is 0 Å². The van der Waals surface area contributed by atoms with E-state index in [0.717, 1.165) is 29.2 Å². The second-order valence-electron chi connectivity index (χ2n) is 4.98. The van der Waals surface area contributed by atoms with E-state index in [1.165, 1.54) is 24.0 Å². The summed E-state index contributed by atoms with van der Waals surface area (Å²) in [5, 5.41) is 3.56. The van der Waals surface area contributed by atoms with Gasteiger partial charge in [0, 0.05) is 12.2 Å². The summed E-state index contributed by atoms with van der Waals surface area (Å²) < 4.78 is 6.08. The molecule has 0 unspecified atom stereocenters. The lowest BCUT2D eigenvalue weighted by Gasteiger charge is -2.24. The van der Waals surface area contributed by atoms with Crippen LogP contribution < -0.4 is 10.1 Å². The van der Waals surface area contributed by atoms with Gasteiger partial charge in [0.15, 0.2) is 5.75 Å². The summed E-state index contributed by atoms with van der Waals surface area (Å²) in [5.41, 5.74) is 2.58. The largest absolute Gasteiger partial charge is 0.494 e. The number of pyridine rings is 1. The van der Waals surface area contributed by atoms with Crippen molar-refractivity contribution in [3.63, 3.8) is 0 Å². The van der Waals surface area contributed by atoms with Crippen molar-refractivity contribution >= 4 is 21.5 Å². The average molecular weight is 309 g/mol. The van der Waals surface area contributed by atoms with Crippen molar-refractivity contribution in [2.45, 2.75) is 25.3 Å². The zero-order chi connectivity index (χ0) is 12.5. The smallest absolute Gasteiger partial charge is 0.152 e. The minimum absolute atomic E-state index is 0.559. The maximum absolute atomic E-state index is 5.31. The molecule has 1 aromatic rings. The van der Waals surface area contributed by atoms with Crippen LogP contribution in [0.3, 0.4) is 0 Å². The SMILES string of the molecule is COc1cc(C2=C[C@@H]3NCC[C@@H]3CC2)cnc1Br. The van der Waals surface area contributed by atoms with Gasteiger partial charge in [0.25, 0.3) is 0 Å². The first-order valence-corrected chi connectivity index (χ1v) is 7.21. The molecule has 1 fully saturated rings. The third kappa shape index (κ3) is 2.19. The van der Waals surface area contributed by atoms with Gasteiger partial charge < -0.3 is 10.1 Å². The number of fused-ring (bicyclic) bond motifs is 1. The highest BCUT2D eigenvalue weighted by Gasteiger charge is 2.29. The van der Waals surface area contributed by atoms with E-state index < -0.39 is 0 Å². The summed E-state index contributed by atoms with van der Waals surface area (Å²) in [7, 11) is 1.68. The zero-order valence-electron chi connectivity index (χ0n) is 10.4. The Hall–Kier alpha value is -0.870. The number of rotatable bonds is 2. The topological polar surface area (TPSA) is 34.1 Å². The molecular formula is C14H17BrN2O. The average Bonchev–Trinajstić information content (AvgIpc) is 2.86. The van der Waals surface area contributed by atoms with Gasteiger partial charge in [-0.15, -0.1) is 0 Å². The fourth-order valence-corrected chi connectivity index (χ4v) is 3.31. The Morgan fingerprint density at radius 1 is 1.44 bits per heavy atom. The molecule has 4 heteroatoms. The minimum Gasteiger partial charge on any atom is -0.494 e. The number of ether oxygens (including phenoxy) is 1. The number of hydrogen-bond acceptors (Lipinski definition) is 3. The van der Waals surface area contributed by atoms with Gasteiger partial charge in [-0.05, 0) is 64.9 Å². The van der Waals surface area contributed by atoms with Crippen LogP contribution in [0.4, 0.5) is 0 Å². The van der Waals surface area contributed by atoms with Crippen molar-refractivity contribution in [2.75, 3.05) is 13.7 Å². The van der Waals surface area contributed by atoms with Crippen molar-refractivity contribution in [3.05, 3.63) is 28.5 Å². The molecule has 1 aromatic heterocycles. The molecule has 2 heterocycles. The van der Waals surface area contributed by atoms with Gasteiger partial charge in [-0.25, -0.2) is 4.98 Å². The molecule has 0 amide bonds. The number of nitrogens with one attached hydrogen (secondary N) is 1. The fraction of sp³-hybridized carbons (Fsp3) is 0.500. The number of halogens is 1. The van der Waals surface area contributed by atoms with E-state index in [4.69, 9.17) is 4.74 Å². The predicted octanol–water partition coefficient (Wildman–Crippen LogP) is 3.01. The quantitative estimate of drug-likeness (QED) is 0.853. The Bertz CT molecular complexity index is 487. The van der Waals surface area contributed by atoms with Gasteiger partial charge in [0.05, 0.1) is 7.11 Å². The first kappa shape index (κ1) is 12.2. The fourth-order valence-electron chi connectivity index (χ4n) is 2.93. The summed E-state index contributed by atoms with van der Waals surface area (Å²) in [6.07, 6.45) is 8.05. The number of aromatic nitrogens is 1. The third-order valence-corrected chi connectivity index (χ3v) is 4.56. The normalized spacial score (nSPS) is 26.7. The van der Waals surface area contributed by atoms with Crippen LogP contribution in [0.1, 0.15) is 24.8 Å². The van der Waals surface area contributed by atoms with Gasteiger partial charge in [-0.1, -0.05) is 6.08 Å². The first-order chi connectivity index (χ1) is 8.78. The minimum atomic E-state index is 0.559. The number of nitrogens with zero attached hydrogens (tertiary/aromatic N) is 1. The molecule has 1 aliphatic heterocycles. The van der Waals surface area contributed by atoms with Crippen LogP contribution >= 0.6 is 15.9 Å². The van der Waals surface area contributed by atoms with Gasteiger partial charge in [-0.3, -0.25) is 0 Å². The third-order valence-electron chi connectivity index (χ3n) is 3.97. The number of hydrogen-bond donors (Lipinski definition) is 1. The molecule has 0 saturated carbocycles. The summed E-state index contributed by atoms with van der Waals surface area (Å²) in [5.74, 6) is 1.63. The molecule has 3 nitrogen and oxygen atoms in total. The number of allylic oxidation sites excluding steroid dienone is 1. The van der Waals surface area contributed by atoms with E-state index in [-0.39, 0.29) is 0 Å². The molecule has 0 radical (unpaired) electrons. The van der Waals surface area contributed by atoms with Crippen LogP contribution in [0.25, 0.3) is 5.57 Å². The highest BCUT2D eigenvalue weighted by Crippen LogP contribution is 2.35. The molecule has 2 aliphatic rings. The molecule has 0 aromatic carbocycles. The first-order valence-electron chi connectivity index (χ1n) is 6.42. The van der Waals surface area contributed by atoms with Crippen molar-refractivity contribution < 1.29 is 4.74 Å². The van der Waals surface area contributed by atoms with E-state index in [1.807, 2.05) is 6.20 Å². The maximum atomic E-state index is 5.31. The molecule has 0 spiro atoms. The van der Waals surface area contributed by atoms with Crippen molar-refractivity contribution in [2.24, 2.45) is 5.92 Å². The number of methoxy groups -OCH3 is 1. The Kier molecular flexibility index (Phi) is 3.39. The Morgan fingerprint density at radius 3 is 3.17 bits per heavy atom. The van der Waals surface area contributed by atoms with E-state index in [0.29, 0.717) is 6.04 Å². The van der Waals surface area contributed by atoms with Crippen molar-refractivity contribution in [1.29, 1.82) is 0 Å². The summed E-state index contributed by atoms with van der Waals surface area (Å²) >= 11 is 3.39. The van der Waals surface area contributed by atoms with Crippen LogP contribution in [-0.2, 0) is 0 Å². The predicted molar refractivity (Wildman–Crippen MR) is 75.6 cm³/mol. The van der Waals surface area contributed by atoms with E-state index in [9.17, 15) is 0 Å². The summed E-state index contributed by atoms with van der Waals surface area (Å²) in [4.78, 5) is 4.34. The second-order valence-corrected chi connectivity index (χ2v) is 5.73. The van der Waals surface area contributed by atoms with Crippen molar-refractivity contribution in [3.8, 4) is 5.75 Å². The lowest BCUT2D eigenvalue weighted by Crippen LogP contribution is -2.27. The van der Waals surface area contributed by atoms with Crippen LogP contribution in [0, 0.1) is 5.92 Å². The standard InChI is InChI=1S/C14H17BrN2O/c1-18-13-7-11(8-17-14(13)15)10-3-2-9-4-5-16-12(9)6-10/h6-9,12,16H,2-5H2,1H3/t9-,12-/m0/s1. The Morgan fingerprint density at radius 2 is 2.33 bits per heavy atom. The molecule has 1 saturated heterocycles. The van der Waals surface area contributed by atoms with Crippen LogP contribution in [-0.4, -0.2) is 24.7 Å². The lowest BCUT2D eigenvalue weighted by molar-refractivity contribution is 0.409. The monoisotopic (exact) mass is 308 g/mol. The molecule has 18 heavy (non-hydrogen) atoms. The van der Waals surface area contributed by atoms with Gasteiger partial charge in [0.1, 0.15) is 4.60 Å².